The lowest BCUT2D eigenvalue weighted by atomic mass is 9.89. The van der Waals surface area contributed by atoms with Gasteiger partial charge in [-0.3, -0.25) is 28.8 Å². The summed E-state index contributed by atoms with van der Waals surface area (Å²) in [6.45, 7) is 0. The molecule has 0 spiro atoms. The van der Waals surface area contributed by atoms with Crippen LogP contribution in [-0.4, -0.2) is 22.7 Å². The first kappa shape index (κ1) is 23.7. The highest BCUT2D eigenvalue weighted by Gasteiger charge is 2.36. The quantitative estimate of drug-likeness (QED) is 0.290. The standard InChI is InChI=1S/C12I6O6/c13-7(19)1-2(8(14)20)4(10(16)22)6(12(18)24)5(11(17)23)3(1)9(15)21. The van der Waals surface area contributed by atoms with Crippen molar-refractivity contribution in [3.63, 3.8) is 0 Å². The lowest BCUT2D eigenvalue weighted by molar-refractivity contribution is 0.104. The summed E-state index contributed by atoms with van der Waals surface area (Å²) in [5.74, 6) is 0. The van der Waals surface area contributed by atoms with Gasteiger partial charge in [-0.25, -0.2) is 0 Å². The molecule has 0 aliphatic heterocycles. The van der Waals surface area contributed by atoms with Crippen molar-refractivity contribution in [2.75, 3.05) is 0 Å². The lowest BCUT2D eigenvalue weighted by Crippen LogP contribution is -2.21. The van der Waals surface area contributed by atoms with Gasteiger partial charge in [0, 0.05) is 136 Å². The van der Waals surface area contributed by atoms with E-state index in [2.05, 4.69) is 0 Å². The van der Waals surface area contributed by atoms with Gasteiger partial charge in [0.25, 0.3) is 0 Å². The van der Waals surface area contributed by atoms with Crippen molar-refractivity contribution < 1.29 is 28.8 Å². The summed E-state index contributed by atoms with van der Waals surface area (Å²) < 4.78 is -4.10. The van der Waals surface area contributed by atoms with Crippen LogP contribution in [0.15, 0.2) is 0 Å². The molecule has 1 rings (SSSR count). The Kier molecular flexibility index (Phi) is 9.57. The Morgan fingerprint density at radius 3 is 0.458 bits per heavy atom. The normalized spacial score (nSPS) is 10.2. The fourth-order valence-electron chi connectivity index (χ4n) is 1.93. The molecule has 0 saturated carbocycles. The zero-order valence-corrected chi connectivity index (χ0v) is 23.7. The van der Waals surface area contributed by atoms with Crippen molar-refractivity contribution in [1.82, 2.24) is 0 Å². The SMILES string of the molecule is O=C(I)c1c(C(=O)I)c(C(=O)I)c(C(=O)I)c(C(=O)I)c1C(=O)I. The fraction of sp³-hybridized carbons (Fsp3) is 0. The Hall–Kier alpha value is 1.62. The van der Waals surface area contributed by atoms with E-state index in [1.54, 1.807) is 0 Å². The Bertz CT molecular complexity index is 645. The third kappa shape index (κ3) is 4.91. The van der Waals surface area contributed by atoms with Crippen LogP contribution >= 0.6 is 136 Å². The fourth-order valence-corrected chi connectivity index (χ4v) is 5.17. The van der Waals surface area contributed by atoms with Crippen molar-refractivity contribution >= 4 is 158 Å². The summed E-state index contributed by atoms with van der Waals surface area (Å²) in [5.41, 5.74) is -1.94. The molecule has 0 heterocycles. The van der Waals surface area contributed by atoms with Crippen molar-refractivity contribution in [2.24, 2.45) is 0 Å². The Morgan fingerprint density at radius 1 is 0.333 bits per heavy atom. The molecule has 1 aromatic rings. The van der Waals surface area contributed by atoms with Gasteiger partial charge in [-0.15, -0.1) is 0 Å². The molecule has 6 nitrogen and oxygen atoms in total. The maximum absolute atomic E-state index is 12.1. The number of hydrogen-bond acceptors (Lipinski definition) is 6. The molecule has 0 bridgehead atoms. The first-order valence-corrected chi connectivity index (χ1v) is 11.8. The maximum atomic E-state index is 12.1. The molecule has 126 valence electrons. The van der Waals surface area contributed by atoms with Crippen LogP contribution in [0.3, 0.4) is 0 Å². The van der Waals surface area contributed by atoms with Crippen LogP contribution in [0.4, 0.5) is 0 Å². The maximum Gasteiger partial charge on any atom is 0.223 e. The van der Waals surface area contributed by atoms with E-state index in [1.807, 2.05) is 0 Å². The number of rotatable bonds is 6. The van der Waals surface area contributed by atoms with Gasteiger partial charge in [-0.05, 0) is 0 Å². The molecule has 0 atom stereocenters. The zero-order valence-electron chi connectivity index (χ0n) is 10.7. The molecule has 12 heteroatoms. The number of carbonyl (C=O) groups is 6. The van der Waals surface area contributed by atoms with Gasteiger partial charge in [0.15, 0.2) is 0 Å². The smallest absolute Gasteiger partial charge is 0.223 e. The molecule has 0 saturated heterocycles. The second kappa shape index (κ2) is 9.71. The van der Waals surface area contributed by atoms with Crippen molar-refractivity contribution in [3.8, 4) is 0 Å². The van der Waals surface area contributed by atoms with Crippen LogP contribution in [-0.2, 0) is 0 Å². The van der Waals surface area contributed by atoms with Gasteiger partial charge in [0.1, 0.15) is 0 Å². The Balaban J connectivity index is 4.50. The van der Waals surface area contributed by atoms with Crippen LogP contribution < -0.4 is 0 Å². The van der Waals surface area contributed by atoms with Crippen molar-refractivity contribution in [3.05, 3.63) is 33.4 Å². The van der Waals surface area contributed by atoms with E-state index >= 15 is 0 Å². The minimum atomic E-state index is -0.683. The van der Waals surface area contributed by atoms with Crippen LogP contribution in [0, 0.1) is 0 Å². The predicted octanol–water partition coefficient (Wildman–Crippen LogP) is 5.14. The van der Waals surface area contributed by atoms with E-state index in [0.717, 1.165) is 0 Å². The number of halogens is 6. The number of carbonyl (C=O) groups excluding carboxylic acids is 6. The first-order chi connectivity index (χ1) is 10.9. The molecule has 0 aromatic heterocycles. The number of benzene rings is 1. The van der Waals surface area contributed by atoms with E-state index in [-0.39, 0.29) is 33.4 Å². The summed E-state index contributed by atoms with van der Waals surface area (Å²) in [7, 11) is 0. The molecular weight excluding hydrogens is 1000 g/mol. The Morgan fingerprint density at radius 2 is 0.417 bits per heavy atom. The average molecular weight is 1000 g/mol. The van der Waals surface area contributed by atoms with Crippen LogP contribution in [0.5, 0.6) is 0 Å². The summed E-state index contributed by atoms with van der Waals surface area (Å²) in [4.78, 5) is 72.5. The van der Waals surface area contributed by atoms with Crippen LogP contribution in [0.2, 0.25) is 0 Å². The van der Waals surface area contributed by atoms with Gasteiger partial charge in [0.05, 0.1) is 33.4 Å². The second-order valence-corrected chi connectivity index (χ2v) is 9.77. The highest BCUT2D eigenvalue weighted by molar-refractivity contribution is 14.1. The molecule has 0 fully saturated rings. The third-order valence-electron chi connectivity index (χ3n) is 2.68. The van der Waals surface area contributed by atoms with E-state index in [4.69, 9.17) is 0 Å². The second-order valence-electron chi connectivity index (χ2n) is 3.89. The van der Waals surface area contributed by atoms with Crippen molar-refractivity contribution in [1.29, 1.82) is 0 Å². The average Bonchev–Trinajstić information content (AvgIpc) is 2.42. The summed E-state index contributed by atoms with van der Waals surface area (Å²) in [5, 5.41) is 0. The molecule has 0 radical (unpaired) electrons. The third-order valence-corrected chi connectivity index (χ3v) is 5.92. The van der Waals surface area contributed by atoms with Crippen LogP contribution in [0.1, 0.15) is 62.1 Å². The number of hydrogen-bond donors (Lipinski definition) is 0. The summed E-state index contributed by atoms with van der Waals surface area (Å²) in [6, 6.07) is 0. The molecule has 24 heavy (non-hydrogen) atoms. The highest BCUT2D eigenvalue weighted by Crippen LogP contribution is 2.36. The lowest BCUT2D eigenvalue weighted by Gasteiger charge is -2.17. The van der Waals surface area contributed by atoms with Crippen LogP contribution in [0.25, 0.3) is 0 Å². The molecule has 1 aromatic carbocycles. The molecule has 0 amide bonds. The van der Waals surface area contributed by atoms with Crippen molar-refractivity contribution in [2.45, 2.75) is 0 Å². The monoisotopic (exact) mass is 1000 g/mol. The predicted molar refractivity (Wildman–Crippen MR) is 137 cm³/mol. The van der Waals surface area contributed by atoms with E-state index in [9.17, 15) is 28.8 Å². The van der Waals surface area contributed by atoms with E-state index < -0.39 is 22.7 Å². The first-order valence-electron chi connectivity index (χ1n) is 5.36. The van der Waals surface area contributed by atoms with Gasteiger partial charge < -0.3 is 0 Å². The topological polar surface area (TPSA) is 102 Å². The Labute approximate surface area is 216 Å². The molecular formula is C12I6O6. The van der Waals surface area contributed by atoms with Gasteiger partial charge >= 0.3 is 0 Å². The molecule has 0 unspecified atom stereocenters. The van der Waals surface area contributed by atoms with E-state index in [0.29, 0.717) is 0 Å². The minimum absolute atomic E-state index is 0.323. The summed E-state index contributed by atoms with van der Waals surface area (Å²) in [6.07, 6.45) is 0. The highest BCUT2D eigenvalue weighted by atomic mass is 127. The molecule has 0 aliphatic rings. The molecule has 0 aliphatic carbocycles. The van der Waals surface area contributed by atoms with Gasteiger partial charge in [-0.2, -0.15) is 0 Å². The van der Waals surface area contributed by atoms with E-state index in [1.165, 1.54) is 136 Å². The zero-order chi connectivity index (χ0) is 18.9. The largest absolute Gasteiger partial charge is 0.282 e. The van der Waals surface area contributed by atoms with Gasteiger partial charge in [-0.1, -0.05) is 0 Å². The summed E-state index contributed by atoms with van der Waals surface area (Å²) >= 11 is 8.23. The molecule has 0 N–H and O–H groups in total. The minimum Gasteiger partial charge on any atom is -0.282 e. The van der Waals surface area contributed by atoms with Gasteiger partial charge in [0.2, 0.25) is 22.7 Å².